The van der Waals surface area contributed by atoms with E-state index in [1.165, 1.54) is 11.8 Å². The zero-order valence-corrected chi connectivity index (χ0v) is 59.6. The number of aliphatic hydroxyl groups is 2. The molecule has 3 saturated heterocycles. The normalized spacial score (nSPS) is 24.1. The van der Waals surface area contributed by atoms with E-state index in [1.54, 1.807) is 91.0 Å². The first-order valence-electron chi connectivity index (χ1n) is 35.7. The van der Waals surface area contributed by atoms with E-state index >= 15 is 0 Å². The van der Waals surface area contributed by atoms with Gasteiger partial charge >= 0.3 is 24.0 Å². The highest BCUT2D eigenvalue weighted by molar-refractivity contribution is 7.99. The predicted molar refractivity (Wildman–Crippen MR) is 395 cm³/mol. The van der Waals surface area contributed by atoms with Crippen LogP contribution in [-0.4, -0.2) is 158 Å². The molecule has 12 rings (SSSR count). The molecule has 0 spiro atoms. The summed E-state index contributed by atoms with van der Waals surface area (Å²) < 4.78 is 94.1. The Morgan fingerprint density at radius 2 is 0.729 bits per heavy atom. The van der Waals surface area contributed by atoms with Crippen molar-refractivity contribution in [2.75, 3.05) is 32.1 Å². The van der Waals surface area contributed by atoms with Gasteiger partial charge in [0.05, 0.1) is 69.5 Å². The lowest BCUT2D eigenvalue weighted by atomic mass is 9.96. The lowest BCUT2D eigenvalue weighted by Crippen LogP contribution is -2.66. The number of carbonyl (C=O) groups excluding carboxylic acids is 4. The quantitative estimate of drug-likeness (QED) is 0.0190. The molecule has 15 atom stereocenters. The SMILES string of the molecule is O=C(NCCCS[C@@H]1O[C@H](CO[C@@H]2O[C@H](CO)[C@@H](OCc3ccccc3)[C@H](OCc3ccccc3)[C@H]2OC(=O)c2ccccc2)[C@@H](O)[C@H](O[C@@H]2O[C@H](COCc3ccccc3)[C@@H](OCc3ccccc3)[C@H](OCc3ccccc3)[C@H]2OC(=O)c2ccccc2)[C@H]1OC(=O)c1ccccc1)OCc1ccccc1. The maximum absolute atomic E-state index is 14.9. The van der Waals surface area contributed by atoms with E-state index in [2.05, 4.69) is 5.32 Å². The minimum absolute atomic E-state index is 0.000233. The largest absolute Gasteiger partial charge is 0.452 e. The molecule has 1 amide bonds. The Morgan fingerprint density at radius 3 is 1.16 bits per heavy atom. The van der Waals surface area contributed by atoms with Gasteiger partial charge in [0.15, 0.2) is 30.9 Å². The molecule has 0 aromatic heterocycles. The molecule has 3 fully saturated rings. The summed E-state index contributed by atoms with van der Waals surface area (Å²) in [6, 6.07) is 81.5. The number of ether oxygens (including phenoxy) is 14. The zero-order chi connectivity index (χ0) is 73.8. The second kappa shape index (κ2) is 40.5. The maximum atomic E-state index is 14.9. The average molecular weight is 1470 g/mol. The van der Waals surface area contributed by atoms with E-state index in [-0.39, 0.29) is 75.2 Å². The van der Waals surface area contributed by atoms with Crippen molar-refractivity contribution in [3.05, 3.63) is 323 Å². The van der Waals surface area contributed by atoms with Crippen LogP contribution in [-0.2, 0) is 106 Å². The molecule has 3 aliphatic rings. The minimum atomic E-state index is -1.85. The van der Waals surface area contributed by atoms with Gasteiger partial charge in [0, 0.05) is 6.54 Å². The number of thioether (sulfide) groups is 1. The third kappa shape index (κ3) is 22.3. The Balaban J connectivity index is 0.923. The summed E-state index contributed by atoms with van der Waals surface area (Å²) in [6.07, 6.45) is -19.9. The predicted octanol–water partition coefficient (Wildman–Crippen LogP) is 12.2. The molecular weight excluding hydrogens is 1390 g/mol. The lowest BCUT2D eigenvalue weighted by Gasteiger charge is -2.49. The Kier molecular flexibility index (Phi) is 29.2. The molecule has 0 aliphatic carbocycles. The van der Waals surface area contributed by atoms with Crippen LogP contribution < -0.4 is 5.32 Å². The summed E-state index contributed by atoms with van der Waals surface area (Å²) in [4.78, 5) is 57.4. The molecule has 9 aromatic carbocycles. The first-order valence-corrected chi connectivity index (χ1v) is 36.8. The van der Waals surface area contributed by atoms with Gasteiger partial charge in [-0.05, 0) is 82.0 Å². The average Bonchev–Trinajstić information content (AvgIpc) is 0.769. The second-order valence-corrected chi connectivity index (χ2v) is 26.9. The van der Waals surface area contributed by atoms with Crippen molar-refractivity contribution < 1.29 is 95.7 Å². The molecule has 107 heavy (non-hydrogen) atoms. The fourth-order valence-electron chi connectivity index (χ4n) is 12.6. The number of esters is 3. The van der Waals surface area contributed by atoms with E-state index in [0.717, 1.165) is 33.4 Å². The molecule has 21 nitrogen and oxygen atoms in total. The number of benzene rings is 9. The number of rotatable bonds is 35. The van der Waals surface area contributed by atoms with Crippen molar-refractivity contribution in [3.63, 3.8) is 0 Å². The van der Waals surface area contributed by atoms with Crippen molar-refractivity contribution in [1.82, 2.24) is 5.32 Å². The summed E-state index contributed by atoms with van der Waals surface area (Å²) in [7, 11) is 0. The number of aliphatic hydroxyl groups excluding tert-OH is 2. The number of hydrogen-bond donors (Lipinski definition) is 3. The molecule has 3 aliphatic heterocycles. The van der Waals surface area contributed by atoms with Crippen LogP contribution in [0.2, 0.25) is 0 Å². The summed E-state index contributed by atoms with van der Waals surface area (Å²) in [5, 5.41) is 27.7. The maximum Gasteiger partial charge on any atom is 0.407 e. The second-order valence-electron chi connectivity index (χ2n) is 25.7. The highest BCUT2D eigenvalue weighted by Gasteiger charge is 2.57. The molecule has 3 heterocycles. The highest BCUT2D eigenvalue weighted by atomic mass is 32.2. The van der Waals surface area contributed by atoms with Gasteiger partial charge in [-0.2, -0.15) is 0 Å². The molecule has 0 saturated carbocycles. The van der Waals surface area contributed by atoms with E-state index in [1.807, 2.05) is 182 Å². The van der Waals surface area contributed by atoms with Crippen LogP contribution in [0.3, 0.4) is 0 Å². The van der Waals surface area contributed by atoms with Crippen LogP contribution in [0.1, 0.15) is 70.9 Å². The summed E-state index contributed by atoms with van der Waals surface area (Å²) in [5.74, 6) is -2.12. The molecule has 0 unspecified atom stereocenters. The summed E-state index contributed by atoms with van der Waals surface area (Å²) in [5.41, 5.74) is 4.12. The number of amides is 1. The number of alkyl carbamates (subject to hydrolysis) is 1. The third-order valence-corrected chi connectivity index (χ3v) is 19.3. The van der Waals surface area contributed by atoms with Gasteiger partial charge < -0.3 is 81.8 Å². The van der Waals surface area contributed by atoms with Crippen LogP contribution in [0.4, 0.5) is 4.79 Å². The molecule has 0 bridgehead atoms. The topological polar surface area (TPSA) is 250 Å². The molecule has 0 radical (unpaired) electrons. The Bertz CT molecular complexity index is 4100. The molecule has 558 valence electrons. The highest BCUT2D eigenvalue weighted by Crippen LogP contribution is 2.40. The molecule has 3 N–H and O–H groups in total. The van der Waals surface area contributed by atoms with Crippen molar-refractivity contribution >= 4 is 35.8 Å². The van der Waals surface area contributed by atoms with Gasteiger partial charge in [-0.25, -0.2) is 19.2 Å². The van der Waals surface area contributed by atoms with Gasteiger partial charge in [0.1, 0.15) is 67.0 Å². The Labute approximate surface area is 626 Å². The first kappa shape index (κ1) is 77.2. The van der Waals surface area contributed by atoms with Crippen molar-refractivity contribution in [2.24, 2.45) is 0 Å². The summed E-state index contributed by atoms with van der Waals surface area (Å²) >= 11 is 1.19. The standard InChI is InChI=1S/C85H87NO20S/c87-49-67-71(94-51-59-31-12-2-13-32-59)74(96-53-61-35-16-4-17-36-61)76(103-79(89)64-41-22-7-23-42-64)82(100-67)98-57-68-70(88)73(78(105-81(91)66-45-26-9-27-46-66)84(102-68)107-48-28-47-86-85(92)99-55-63-39-20-6-21-40-63)106-83-77(104-80(90)65-43-24-8-25-44-65)75(97-54-62-37-18-5-19-38-62)72(95-52-60-33-14-3-15-34-60)69(101-83)56-93-50-58-29-10-1-11-30-58/h1-27,29-46,67-78,82-84,87-88H,28,47-57H2,(H,86,92)/t67-,68-,69-,70-,71-,72-,73+,74+,75+,76-,77-,78-,82-,83+,84+/m1/s1. The number of hydrogen-bond acceptors (Lipinski definition) is 21. The van der Waals surface area contributed by atoms with Crippen LogP contribution in [0.5, 0.6) is 0 Å². The van der Waals surface area contributed by atoms with Crippen LogP contribution >= 0.6 is 11.8 Å². The lowest BCUT2D eigenvalue weighted by molar-refractivity contribution is -0.351. The van der Waals surface area contributed by atoms with E-state index in [4.69, 9.17) is 66.3 Å². The van der Waals surface area contributed by atoms with Gasteiger partial charge in [0.25, 0.3) is 0 Å². The monoisotopic (exact) mass is 1470 g/mol. The van der Waals surface area contributed by atoms with Crippen LogP contribution in [0.15, 0.2) is 273 Å². The van der Waals surface area contributed by atoms with E-state index < -0.39 is 128 Å². The van der Waals surface area contributed by atoms with E-state index in [9.17, 15) is 29.4 Å². The van der Waals surface area contributed by atoms with Crippen molar-refractivity contribution in [2.45, 2.75) is 137 Å². The fourth-order valence-corrected chi connectivity index (χ4v) is 13.7. The molecule has 9 aromatic rings. The minimum Gasteiger partial charge on any atom is -0.452 e. The van der Waals surface area contributed by atoms with Gasteiger partial charge in [-0.3, -0.25) is 0 Å². The third-order valence-electron chi connectivity index (χ3n) is 18.1. The molecular formula is C85H87NO20S. The van der Waals surface area contributed by atoms with Gasteiger partial charge in [-0.1, -0.05) is 237 Å². The van der Waals surface area contributed by atoms with Gasteiger partial charge in [-0.15, -0.1) is 11.8 Å². The van der Waals surface area contributed by atoms with Crippen LogP contribution in [0, 0.1) is 0 Å². The Hall–Kier alpha value is -9.47. The first-order chi connectivity index (χ1) is 52.6. The van der Waals surface area contributed by atoms with Gasteiger partial charge in [0.2, 0.25) is 0 Å². The fraction of sp³-hybridized carbons (Fsp3) is 0.318. The van der Waals surface area contributed by atoms with Crippen LogP contribution in [0.25, 0.3) is 0 Å². The van der Waals surface area contributed by atoms with Crippen molar-refractivity contribution in [3.8, 4) is 0 Å². The smallest absolute Gasteiger partial charge is 0.407 e. The number of carbonyl (C=O) groups is 4. The molecule has 22 heteroatoms. The summed E-state index contributed by atoms with van der Waals surface area (Å²) in [6.45, 7) is -0.888. The Morgan fingerprint density at radius 1 is 0.364 bits per heavy atom. The zero-order valence-electron chi connectivity index (χ0n) is 58.8. The van der Waals surface area contributed by atoms with E-state index in [0.29, 0.717) is 6.42 Å². The number of nitrogens with one attached hydrogen (secondary N) is 1. The van der Waals surface area contributed by atoms with Crippen molar-refractivity contribution in [1.29, 1.82) is 0 Å².